The van der Waals surface area contributed by atoms with Gasteiger partial charge in [-0.1, -0.05) is 90.9 Å². The summed E-state index contributed by atoms with van der Waals surface area (Å²) in [6.45, 7) is 23.7. The lowest BCUT2D eigenvalue weighted by molar-refractivity contribution is -0.927. The van der Waals surface area contributed by atoms with E-state index in [0.29, 0.717) is 26.2 Å². The van der Waals surface area contributed by atoms with E-state index in [9.17, 15) is 19.2 Å². The topological polar surface area (TPSA) is 88.0 Å². The predicted molar refractivity (Wildman–Crippen MR) is 252 cm³/mol. The molecule has 4 bridgehead atoms. The van der Waals surface area contributed by atoms with Crippen molar-refractivity contribution in [3.8, 4) is 0 Å². The first-order chi connectivity index (χ1) is 29.1. The molecular formula is C50H92N6O4+2. The highest BCUT2D eigenvalue weighted by Gasteiger charge is 2.26. The lowest BCUT2D eigenvalue weighted by Crippen LogP contribution is -2.50. The first-order valence-electron chi connectivity index (χ1n) is 25.4. The molecule has 3 heterocycles. The molecule has 0 aromatic carbocycles. The minimum Gasteiger partial charge on any atom is -0.324 e. The van der Waals surface area contributed by atoms with Crippen LogP contribution >= 0.6 is 0 Å². The van der Waals surface area contributed by atoms with Crippen LogP contribution in [0.4, 0.5) is 0 Å². The summed E-state index contributed by atoms with van der Waals surface area (Å²) in [7, 11) is 0. The highest BCUT2D eigenvalue weighted by molar-refractivity contribution is 5.01. The molecule has 3 rings (SSSR count). The third kappa shape index (κ3) is 17.2. The van der Waals surface area contributed by atoms with Crippen molar-refractivity contribution in [2.24, 2.45) is 0 Å². The first-order valence-corrected chi connectivity index (χ1v) is 25.4. The van der Waals surface area contributed by atoms with Gasteiger partial charge in [-0.2, -0.15) is 0 Å². The molecule has 2 aromatic rings. The molecule has 0 radical (unpaired) electrons. The fourth-order valence-corrected chi connectivity index (χ4v) is 10.1. The molecule has 0 N–H and O–H groups in total. The number of hydrogen-bond donors (Lipinski definition) is 0. The Hall–Kier alpha value is -2.72. The number of fused-ring (bicyclic) bond motifs is 4. The van der Waals surface area contributed by atoms with Gasteiger partial charge in [-0.05, 0) is 105 Å². The van der Waals surface area contributed by atoms with Crippen LogP contribution in [0.1, 0.15) is 193 Å². The maximum atomic E-state index is 13.9. The Morgan fingerprint density at radius 1 is 0.400 bits per heavy atom. The zero-order valence-corrected chi connectivity index (χ0v) is 39.9. The summed E-state index contributed by atoms with van der Waals surface area (Å²) in [5.74, 6) is 0. The molecule has 1 aliphatic heterocycles. The Balaban J connectivity index is 1.82. The summed E-state index contributed by atoms with van der Waals surface area (Å²) in [6, 6.07) is 3.34. The lowest BCUT2D eigenvalue weighted by Gasteiger charge is -2.38. The second-order valence-electron chi connectivity index (χ2n) is 18.9. The number of aromatic nitrogens is 4. The van der Waals surface area contributed by atoms with E-state index in [-0.39, 0.29) is 22.5 Å². The monoisotopic (exact) mass is 841 g/mol. The van der Waals surface area contributed by atoms with Gasteiger partial charge in [0.05, 0.1) is 52.4 Å². The van der Waals surface area contributed by atoms with Crippen molar-refractivity contribution in [2.75, 3.05) is 52.4 Å². The Bertz CT molecular complexity index is 1620. The van der Waals surface area contributed by atoms with Crippen molar-refractivity contribution in [1.29, 1.82) is 0 Å². The molecule has 344 valence electrons. The third-order valence-electron chi connectivity index (χ3n) is 14.3. The van der Waals surface area contributed by atoms with E-state index >= 15 is 0 Å². The molecule has 0 aliphatic carbocycles. The van der Waals surface area contributed by atoms with Crippen molar-refractivity contribution >= 4 is 0 Å². The molecule has 10 heteroatoms. The van der Waals surface area contributed by atoms with E-state index < -0.39 is 0 Å². The molecule has 0 atom stereocenters. The van der Waals surface area contributed by atoms with Crippen molar-refractivity contribution in [3.63, 3.8) is 0 Å². The summed E-state index contributed by atoms with van der Waals surface area (Å²) >= 11 is 0. The Morgan fingerprint density at radius 3 is 0.983 bits per heavy atom. The zero-order chi connectivity index (χ0) is 43.6. The summed E-state index contributed by atoms with van der Waals surface area (Å²) in [5.41, 5.74) is 0.877. The van der Waals surface area contributed by atoms with Crippen LogP contribution in [-0.2, 0) is 26.2 Å². The van der Waals surface area contributed by atoms with Crippen LogP contribution in [0, 0.1) is 13.8 Å². The van der Waals surface area contributed by atoms with Crippen LogP contribution < -0.4 is 22.5 Å². The van der Waals surface area contributed by atoms with Crippen molar-refractivity contribution in [3.05, 3.63) is 65.2 Å². The number of aryl methyl sites for hydroxylation is 2. The predicted octanol–water partition coefficient (Wildman–Crippen LogP) is 9.74. The minimum absolute atomic E-state index is 0.149. The van der Waals surface area contributed by atoms with Gasteiger partial charge in [-0.15, -0.1) is 0 Å². The quantitative estimate of drug-likeness (QED) is 0.0982. The highest BCUT2D eigenvalue weighted by atomic mass is 16.2. The van der Waals surface area contributed by atoms with Crippen LogP contribution in [0.15, 0.2) is 31.3 Å². The first kappa shape index (κ1) is 51.6. The van der Waals surface area contributed by atoms with E-state index in [0.717, 1.165) is 124 Å². The number of nitrogens with zero attached hydrogens (tertiary/aromatic N) is 6. The van der Waals surface area contributed by atoms with Crippen LogP contribution in [0.25, 0.3) is 0 Å². The van der Waals surface area contributed by atoms with Gasteiger partial charge in [0.25, 0.3) is 11.1 Å². The molecule has 0 spiro atoms. The van der Waals surface area contributed by atoms with Crippen LogP contribution in [0.2, 0.25) is 0 Å². The van der Waals surface area contributed by atoms with Gasteiger partial charge in [0.1, 0.15) is 0 Å². The summed E-state index contributed by atoms with van der Waals surface area (Å²) in [6.07, 6.45) is 28.1. The van der Waals surface area contributed by atoms with E-state index in [2.05, 4.69) is 27.7 Å². The number of hydrogen-bond acceptors (Lipinski definition) is 4. The van der Waals surface area contributed by atoms with E-state index in [4.69, 9.17) is 0 Å². The number of unbranched alkanes of at least 4 members (excludes halogenated alkanes) is 14. The standard InChI is InChI=1S/C50H92N6O4/c1-7-11-13-15-17-19-21-27-37-55(9-3)39-29-23-33-51-45(5)43-47(57)53(49(51)59)35-25-31-41-56(10-4,38-28-22-20-18-16-14-12-8-2)42-32-26-36-54-48(58)44-46(6)52(50(54)60)34-24-30-40-55/h43-44H,7-42H2,1-6H3/q+2. The summed E-state index contributed by atoms with van der Waals surface area (Å²) < 4.78 is 8.76. The van der Waals surface area contributed by atoms with Crippen molar-refractivity contribution in [1.82, 2.24) is 18.3 Å². The molecule has 60 heavy (non-hydrogen) atoms. The lowest BCUT2D eigenvalue weighted by atomic mass is 10.1. The summed E-state index contributed by atoms with van der Waals surface area (Å²) in [5, 5.41) is 0. The molecular weight excluding hydrogens is 749 g/mol. The molecule has 0 fully saturated rings. The van der Waals surface area contributed by atoms with Crippen molar-refractivity contribution < 1.29 is 8.97 Å². The zero-order valence-electron chi connectivity index (χ0n) is 39.9. The van der Waals surface area contributed by atoms with Crippen molar-refractivity contribution in [2.45, 2.75) is 222 Å². The molecule has 0 amide bonds. The normalized spacial score (nSPS) is 20.5. The SMILES string of the molecule is CCCCCCCCCC[N+]1(CC)CCCCn2c(C)cc(=O)n(c2=O)CCCC[N+](CC)(CCCCCCCCCC)CCCCn2c(=O)cc(C)n(c2=O)CCCC1. The number of quaternary nitrogens is 2. The number of rotatable bonds is 20. The Morgan fingerprint density at radius 2 is 0.683 bits per heavy atom. The van der Waals surface area contributed by atoms with Gasteiger partial charge in [0, 0.05) is 49.7 Å². The largest absolute Gasteiger partial charge is 0.331 e. The smallest absolute Gasteiger partial charge is 0.324 e. The fourth-order valence-electron chi connectivity index (χ4n) is 10.1. The molecule has 2 aromatic heterocycles. The maximum absolute atomic E-state index is 13.9. The second-order valence-corrected chi connectivity index (χ2v) is 18.9. The van der Waals surface area contributed by atoms with E-state index in [1.807, 2.05) is 23.0 Å². The summed E-state index contributed by atoms with van der Waals surface area (Å²) in [4.78, 5) is 54.2. The fraction of sp³-hybridized carbons (Fsp3) is 0.840. The van der Waals surface area contributed by atoms with E-state index in [1.165, 1.54) is 112 Å². The highest BCUT2D eigenvalue weighted by Crippen LogP contribution is 2.19. The molecule has 1 aliphatic rings. The van der Waals surface area contributed by atoms with Gasteiger partial charge in [-0.3, -0.25) is 27.9 Å². The molecule has 0 saturated heterocycles. The average molecular weight is 841 g/mol. The van der Waals surface area contributed by atoms with Gasteiger partial charge >= 0.3 is 11.4 Å². The molecule has 0 saturated carbocycles. The van der Waals surface area contributed by atoms with Crippen LogP contribution in [0.5, 0.6) is 0 Å². The minimum atomic E-state index is -0.178. The van der Waals surface area contributed by atoms with Gasteiger partial charge in [0.15, 0.2) is 0 Å². The van der Waals surface area contributed by atoms with Gasteiger partial charge in [0.2, 0.25) is 0 Å². The van der Waals surface area contributed by atoms with Crippen LogP contribution in [0.3, 0.4) is 0 Å². The third-order valence-corrected chi connectivity index (χ3v) is 14.3. The van der Waals surface area contributed by atoms with Crippen LogP contribution in [-0.4, -0.2) is 79.6 Å². The van der Waals surface area contributed by atoms with Gasteiger partial charge in [-0.25, -0.2) is 9.59 Å². The second kappa shape index (κ2) is 28.8. The van der Waals surface area contributed by atoms with E-state index in [1.54, 1.807) is 12.1 Å². The Labute approximate surface area is 365 Å². The molecule has 0 unspecified atom stereocenters. The van der Waals surface area contributed by atoms with Gasteiger partial charge < -0.3 is 8.97 Å². The molecule has 10 nitrogen and oxygen atoms in total. The average Bonchev–Trinajstić information content (AvgIpc) is 3.23. The Kier molecular flexibility index (Phi) is 24.8. The maximum Gasteiger partial charge on any atom is 0.331 e.